The largest absolute Gasteiger partial charge is 0.465 e. The molecule has 1 aliphatic rings. The quantitative estimate of drug-likeness (QED) is 0.633. The van der Waals surface area contributed by atoms with Crippen molar-refractivity contribution in [2.24, 2.45) is 0 Å². The average Bonchev–Trinajstić information content (AvgIpc) is 2.56. The fourth-order valence-electron chi connectivity index (χ4n) is 3.20. The number of piperidine rings is 1. The Labute approximate surface area is 141 Å². The van der Waals surface area contributed by atoms with Gasteiger partial charge in [0.15, 0.2) is 0 Å². The van der Waals surface area contributed by atoms with Crippen molar-refractivity contribution >= 4 is 17.5 Å². The second kappa shape index (κ2) is 7.94. The molecule has 8 heteroatoms. The lowest BCUT2D eigenvalue weighted by atomic mass is 9.97. The highest BCUT2D eigenvalue weighted by atomic mass is 16.6. The Morgan fingerprint density at radius 3 is 2.92 bits per heavy atom. The van der Waals surface area contributed by atoms with E-state index in [9.17, 15) is 20.0 Å². The predicted molar refractivity (Wildman–Crippen MR) is 90.4 cm³/mol. The van der Waals surface area contributed by atoms with Gasteiger partial charge < -0.3 is 14.9 Å². The van der Waals surface area contributed by atoms with Crippen molar-refractivity contribution in [3.63, 3.8) is 0 Å². The van der Waals surface area contributed by atoms with Crippen LogP contribution in [0.15, 0.2) is 18.5 Å². The first-order valence-corrected chi connectivity index (χ1v) is 8.30. The Kier molecular flexibility index (Phi) is 5.94. The van der Waals surface area contributed by atoms with Crippen LogP contribution >= 0.6 is 0 Å². The van der Waals surface area contributed by atoms with Crippen LogP contribution in [-0.4, -0.2) is 51.2 Å². The number of carbonyl (C=O) groups is 1. The summed E-state index contributed by atoms with van der Waals surface area (Å²) in [6, 6.07) is 1.59. The SMILES string of the molecule is CCCCN(C(=O)O)C1CCC(C)N(c2ccncc2[N+](=O)[O-])C1. The van der Waals surface area contributed by atoms with E-state index in [-0.39, 0.29) is 17.8 Å². The third kappa shape index (κ3) is 3.93. The van der Waals surface area contributed by atoms with E-state index in [4.69, 9.17) is 0 Å². The highest BCUT2D eigenvalue weighted by Gasteiger charge is 2.34. The van der Waals surface area contributed by atoms with Gasteiger partial charge in [-0.3, -0.25) is 15.1 Å². The van der Waals surface area contributed by atoms with Crippen molar-refractivity contribution in [1.82, 2.24) is 9.88 Å². The molecule has 8 nitrogen and oxygen atoms in total. The van der Waals surface area contributed by atoms with Crippen LogP contribution in [0.5, 0.6) is 0 Å². The highest BCUT2D eigenvalue weighted by molar-refractivity contribution is 5.66. The molecule has 1 amide bonds. The Morgan fingerprint density at radius 2 is 2.29 bits per heavy atom. The summed E-state index contributed by atoms with van der Waals surface area (Å²) >= 11 is 0. The minimum Gasteiger partial charge on any atom is -0.465 e. The summed E-state index contributed by atoms with van der Waals surface area (Å²) in [7, 11) is 0. The zero-order valence-electron chi connectivity index (χ0n) is 14.1. The molecule has 2 heterocycles. The summed E-state index contributed by atoms with van der Waals surface area (Å²) < 4.78 is 0. The zero-order chi connectivity index (χ0) is 17.7. The molecule has 132 valence electrons. The van der Waals surface area contributed by atoms with E-state index < -0.39 is 11.0 Å². The number of anilines is 1. The van der Waals surface area contributed by atoms with Crippen LogP contribution < -0.4 is 4.90 Å². The molecule has 1 fully saturated rings. The van der Waals surface area contributed by atoms with Gasteiger partial charge >= 0.3 is 11.8 Å². The molecule has 1 N–H and O–H groups in total. The van der Waals surface area contributed by atoms with Crippen molar-refractivity contribution < 1.29 is 14.8 Å². The fourth-order valence-corrected chi connectivity index (χ4v) is 3.20. The number of hydrogen-bond donors (Lipinski definition) is 1. The maximum atomic E-state index is 11.6. The molecule has 0 aliphatic carbocycles. The van der Waals surface area contributed by atoms with E-state index in [0.29, 0.717) is 18.8 Å². The number of nitrogens with zero attached hydrogens (tertiary/aromatic N) is 4. The molecule has 0 aromatic carbocycles. The van der Waals surface area contributed by atoms with Crippen molar-refractivity contribution in [1.29, 1.82) is 0 Å². The summed E-state index contributed by atoms with van der Waals surface area (Å²) in [5, 5.41) is 20.8. The maximum absolute atomic E-state index is 11.6. The van der Waals surface area contributed by atoms with E-state index in [0.717, 1.165) is 25.7 Å². The van der Waals surface area contributed by atoms with Crippen LogP contribution in [0.2, 0.25) is 0 Å². The second-order valence-electron chi connectivity index (χ2n) is 6.18. The van der Waals surface area contributed by atoms with Crippen LogP contribution in [-0.2, 0) is 0 Å². The number of unbranched alkanes of at least 4 members (excludes halogenated alkanes) is 1. The smallest absolute Gasteiger partial charge is 0.407 e. The molecule has 0 bridgehead atoms. The van der Waals surface area contributed by atoms with Crippen molar-refractivity contribution in [2.45, 2.75) is 51.6 Å². The van der Waals surface area contributed by atoms with Crippen LogP contribution in [0.4, 0.5) is 16.2 Å². The lowest BCUT2D eigenvalue weighted by Crippen LogP contribution is -2.53. The number of carboxylic acid groups (broad SMARTS) is 1. The van der Waals surface area contributed by atoms with Crippen LogP contribution in [0.1, 0.15) is 39.5 Å². The minimum atomic E-state index is -0.924. The molecular formula is C16H24N4O4. The van der Waals surface area contributed by atoms with Gasteiger partial charge in [0.1, 0.15) is 11.9 Å². The molecule has 24 heavy (non-hydrogen) atoms. The summed E-state index contributed by atoms with van der Waals surface area (Å²) in [5.74, 6) is 0. The van der Waals surface area contributed by atoms with Gasteiger partial charge in [-0.2, -0.15) is 0 Å². The monoisotopic (exact) mass is 336 g/mol. The zero-order valence-corrected chi connectivity index (χ0v) is 14.1. The number of pyridine rings is 1. The third-order valence-corrected chi connectivity index (χ3v) is 4.58. The second-order valence-corrected chi connectivity index (χ2v) is 6.18. The number of nitro groups is 1. The first-order valence-electron chi connectivity index (χ1n) is 8.30. The van der Waals surface area contributed by atoms with Gasteiger partial charge in [0.25, 0.3) is 0 Å². The molecule has 2 rings (SSSR count). The number of amides is 1. The first kappa shape index (κ1) is 18.0. The molecule has 0 saturated carbocycles. The Morgan fingerprint density at radius 1 is 1.54 bits per heavy atom. The van der Waals surface area contributed by atoms with E-state index in [2.05, 4.69) is 4.98 Å². The first-order chi connectivity index (χ1) is 11.5. The minimum absolute atomic E-state index is 0.0413. The number of rotatable bonds is 6. The van der Waals surface area contributed by atoms with Gasteiger partial charge in [0, 0.05) is 25.3 Å². The van der Waals surface area contributed by atoms with Crippen LogP contribution in [0.25, 0.3) is 0 Å². The molecule has 2 atom stereocenters. The summed E-state index contributed by atoms with van der Waals surface area (Å²) in [4.78, 5) is 29.7. The van der Waals surface area contributed by atoms with E-state index >= 15 is 0 Å². The average molecular weight is 336 g/mol. The lowest BCUT2D eigenvalue weighted by molar-refractivity contribution is -0.384. The predicted octanol–water partition coefficient (Wildman–Crippen LogP) is 3.13. The van der Waals surface area contributed by atoms with Gasteiger partial charge in [0.2, 0.25) is 0 Å². The molecule has 1 aromatic heterocycles. The van der Waals surface area contributed by atoms with Crippen LogP contribution in [0, 0.1) is 10.1 Å². The highest BCUT2D eigenvalue weighted by Crippen LogP contribution is 2.33. The molecule has 0 radical (unpaired) electrons. The summed E-state index contributed by atoms with van der Waals surface area (Å²) in [5.41, 5.74) is 0.466. The summed E-state index contributed by atoms with van der Waals surface area (Å²) in [6.07, 6.45) is 5.15. The summed E-state index contributed by atoms with van der Waals surface area (Å²) in [6.45, 7) is 4.99. The topological polar surface area (TPSA) is 99.8 Å². The Balaban J connectivity index is 2.25. The number of aromatic nitrogens is 1. The van der Waals surface area contributed by atoms with Gasteiger partial charge in [0.05, 0.1) is 11.0 Å². The Hall–Kier alpha value is -2.38. The van der Waals surface area contributed by atoms with E-state index in [1.54, 1.807) is 6.07 Å². The molecule has 2 unspecified atom stereocenters. The van der Waals surface area contributed by atoms with Gasteiger partial charge in [-0.15, -0.1) is 0 Å². The lowest BCUT2D eigenvalue weighted by Gasteiger charge is -2.42. The van der Waals surface area contributed by atoms with Crippen LogP contribution in [0.3, 0.4) is 0 Å². The van der Waals surface area contributed by atoms with Crippen molar-refractivity contribution in [2.75, 3.05) is 18.0 Å². The number of hydrogen-bond acceptors (Lipinski definition) is 5. The van der Waals surface area contributed by atoms with Crippen molar-refractivity contribution in [3.05, 3.63) is 28.6 Å². The van der Waals surface area contributed by atoms with Gasteiger partial charge in [-0.25, -0.2) is 4.79 Å². The van der Waals surface area contributed by atoms with E-state index in [1.165, 1.54) is 17.3 Å². The fraction of sp³-hybridized carbons (Fsp3) is 0.625. The normalized spacial score (nSPS) is 20.7. The van der Waals surface area contributed by atoms with E-state index in [1.807, 2.05) is 18.7 Å². The molecule has 1 aliphatic heterocycles. The molecule has 1 saturated heterocycles. The maximum Gasteiger partial charge on any atom is 0.407 e. The molecule has 0 spiro atoms. The Bertz CT molecular complexity index is 595. The van der Waals surface area contributed by atoms with Gasteiger partial charge in [-0.05, 0) is 32.3 Å². The molecule has 1 aromatic rings. The standard InChI is InChI=1S/C16H24N4O4/c1-3-4-9-18(16(21)22)13-6-5-12(2)19(11-13)14-7-8-17-10-15(14)20(23)24/h7-8,10,12-13H,3-6,9,11H2,1-2H3,(H,21,22). The van der Waals surface area contributed by atoms with Crippen molar-refractivity contribution in [3.8, 4) is 0 Å². The third-order valence-electron chi connectivity index (χ3n) is 4.58. The van der Waals surface area contributed by atoms with Gasteiger partial charge in [-0.1, -0.05) is 13.3 Å². The molecular weight excluding hydrogens is 312 g/mol.